The molecule has 1 atom stereocenters. The average molecular weight is 589 g/mol. The van der Waals surface area contributed by atoms with Crippen LogP contribution in [0.5, 0.6) is 0 Å². The zero-order valence-electron chi connectivity index (χ0n) is 21.4. The molecule has 1 unspecified atom stereocenters. The number of benzene rings is 1. The van der Waals surface area contributed by atoms with Gasteiger partial charge in [0.05, 0.1) is 16.0 Å². The number of rotatable bonds is 4. The number of hydrogen-bond acceptors (Lipinski definition) is 10. The summed E-state index contributed by atoms with van der Waals surface area (Å²) in [6.45, 7) is 3.65. The van der Waals surface area contributed by atoms with Gasteiger partial charge >= 0.3 is 12.1 Å². The normalized spacial score (nSPS) is 15.3. The van der Waals surface area contributed by atoms with E-state index in [0.717, 1.165) is 21.4 Å². The lowest BCUT2D eigenvalue weighted by molar-refractivity contribution is -0.192. The Kier molecular flexibility index (Phi) is 7.35. The number of hydrogen-bond donors (Lipinski definition) is 3. The van der Waals surface area contributed by atoms with Crippen molar-refractivity contribution in [2.45, 2.75) is 32.1 Å². The van der Waals surface area contributed by atoms with E-state index in [1.165, 1.54) is 0 Å². The number of amides is 1. The third-order valence-electron chi connectivity index (χ3n) is 6.46. The molecule has 1 aromatic carbocycles. The first-order chi connectivity index (χ1) is 19.5. The SMILES string of the molecule is CCn1c(-c2nonc2N)nc2c(-c3cc4ccccc4s3)ncc(C(=O)N3CCC(N)C3)c21.O=C(O)C(F)(F)F. The standard InChI is InChI=1S/C23H22N8O2S.C2HF3O2/c1-2-31-20-14(23(32)30-8-7-13(24)11-30)10-26-17(16-9-12-5-3-4-6-15(12)34-16)18(20)27-22(31)19-21(25)29-33-28-19;3-2(4,5)1(6)7/h3-6,9-10,13H,2,7-8,11,24H2,1H3,(H2,25,29);(H,6,7). The Labute approximate surface area is 233 Å². The molecule has 0 bridgehead atoms. The molecule has 1 aliphatic heterocycles. The number of halogens is 3. The number of pyridine rings is 1. The maximum absolute atomic E-state index is 13.5. The molecule has 0 spiro atoms. The number of anilines is 1. The van der Waals surface area contributed by atoms with Gasteiger partial charge in [-0.2, -0.15) is 13.2 Å². The zero-order chi connectivity index (χ0) is 29.5. The number of aliphatic carboxylic acids is 1. The number of aryl methyl sites for hydroxylation is 1. The van der Waals surface area contributed by atoms with Crippen molar-refractivity contribution in [3.63, 3.8) is 0 Å². The highest BCUT2D eigenvalue weighted by Gasteiger charge is 2.38. The minimum absolute atomic E-state index is 0.0159. The Morgan fingerprint density at radius 3 is 2.54 bits per heavy atom. The van der Waals surface area contributed by atoms with E-state index in [-0.39, 0.29) is 17.8 Å². The lowest BCUT2D eigenvalue weighted by atomic mass is 10.1. The number of fused-ring (bicyclic) bond motifs is 2. The van der Waals surface area contributed by atoms with Crippen LogP contribution in [0.15, 0.2) is 41.2 Å². The number of carbonyl (C=O) groups excluding carboxylic acids is 1. The summed E-state index contributed by atoms with van der Waals surface area (Å²) < 4.78 is 39.7. The van der Waals surface area contributed by atoms with Crippen LogP contribution < -0.4 is 11.5 Å². The van der Waals surface area contributed by atoms with E-state index in [1.807, 2.05) is 23.6 Å². The Morgan fingerprint density at radius 1 is 1.22 bits per heavy atom. The van der Waals surface area contributed by atoms with Crippen molar-refractivity contribution in [3.8, 4) is 22.1 Å². The minimum atomic E-state index is -5.08. The van der Waals surface area contributed by atoms with Crippen LogP contribution >= 0.6 is 11.3 Å². The topological polar surface area (TPSA) is 179 Å². The first-order valence-corrected chi connectivity index (χ1v) is 13.1. The fourth-order valence-corrected chi connectivity index (χ4v) is 5.62. The second-order valence-corrected chi connectivity index (χ2v) is 10.2. The predicted octanol–water partition coefficient (Wildman–Crippen LogP) is 3.77. The fourth-order valence-electron chi connectivity index (χ4n) is 4.56. The van der Waals surface area contributed by atoms with Crippen LogP contribution in [0.25, 0.3) is 43.2 Å². The number of carboxylic acid groups (broad SMARTS) is 1. The molecule has 1 aliphatic rings. The van der Waals surface area contributed by atoms with E-state index in [2.05, 4.69) is 28.5 Å². The summed E-state index contributed by atoms with van der Waals surface area (Å²) in [5.41, 5.74) is 14.9. The van der Waals surface area contributed by atoms with Crippen molar-refractivity contribution in [3.05, 3.63) is 42.1 Å². The summed E-state index contributed by atoms with van der Waals surface area (Å²) in [7, 11) is 0. The molecule has 12 nitrogen and oxygen atoms in total. The highest BCUT2D eigenvalue weighted by atomic mass is 32.1. The van der Waals surface area contributed by atoms with E-state index < -0.39 is 12.1 Å². The second-order valence-electron chi connectivity index (χ2n) is 9.15. The van der Waals surface area contributed by atoms with E-state index in [4.69, 9.17) is 36.0 Å². The van der Waals surface area contributed by atoms with E-state index in [9.17, 15) is 18.0 Å². The van der Waals surface area contributed by atoms with Crippen LogP contribution in [0.2, 0.25) is 0 Å². The van der Waals surface area contributed by atoms with Crippen molar-refractivity contribution in [2.24, 2.45) is 5.73 Å². The molecule has 5 N–H and O–H groups in total. The zero-order valence-corrected chi connectivity index (χ0v) is 22.2. The maximum atomic E-state index is 13.5. The van der Waals surface area contributed by atoms with Crippen LogP contribution in [0.4, 0.5) is 19.0 Å². The third-order valence-corrected chi connectivity index (χ3v) is 7.58. The van der Waals surface area contributed by atoms with Gasteiger partial charge in [-0.3, -0.25) is 9.78 Å². The molecule has 0 saturated carbocycles. The molecule has 5 aromatic rings. The van der Waals surface area contributed by atoms with Gasteiger partial charge in [-0.05, 0) is 41.2 Å². The number of alkyl halides is 3. The van der Waals surface area contributed by atoms with Crippen LogP contribution in [-0.2, 0) is 11.3 Å². The minimum Gasteiger partial charge on any atom is -0.475 e. The molecule has 1 saturated heterocycles. The molecule has 16 heteroatoms. The van der Waals surface area contributed by atoms with Gasteiger partial charge in [0.25, 0.3) is 5.91 Å². The van der Waals surface area contributed by atoms with Gasteiger partial charge in [0.15, 0.2) is 17.3 Å². The lowest BCUT2D eigenvalue weighted by Crippen LogP contribution is -2.32. The van der Waals surface area contributed by atoms with Crippen molar-refractivity contribution in [1.82, 2.24) is 29.7 Å². The molecule has 5 heterocycles. The van der Waals surface area contributed by atoms with Crippen LogP contribution in [0.1, 0.15) is 23.7 Å². The highest BCUT2D eigenvalue weighted by Crippen LogP contribution is 2.38. The quantitative estimate of drug-likeness (QED) is 0.280. The monoisotopic (exact) mass is 588 g/mol. The summed E-state index contributed by atoms with van der Waals surface area (Å²) in [4.78, 5) is 34.8. The van der Waals surface area contributed by atoms with Crippen LogP contribution in [-0.4, -0.2) is 72.0 Å². The van der Waals surface area contributed by atoms with Gasteiger partial charge < -0.3 is 26.0 Å². The maximum Gasteiger partial charge on any atom is 0.490 e. The number of carbonyl (C=O) groups is 2. The molecular weight excluding hydrogens is 565 g/mol. The van der Waals surface area contributed by atoms with Crippen molar-refractivity contribution >= 4 is 50.2 Å². The van der Waals surface area contributed by atoms with Crippen LogP contribution in [0, 0.1) is 0 Å². The van der Waals surface area contributed by atoms with Gasteiger partial charge in [-0.25, -0.2) is 14.4 Å². The molecule has 214 valence electrons. The Bertz CT molecular complexity index is 1730. The first-order valence-electron chi connectivity index (χ1n) is 12.3. The summed E-state index contributed by atoms with van der Waals surface area (Å²) in [5, 5.41) is 15.9. The van der Waals surface area contributed by atoms with Crippen LogP contribution in [0.3, 0.4) is 0 Å². The predicted molar refractivity (Wildman–Crippen MR) is 144 cm³/mol. The Balaban J connectivity index is 0.000000431. The molecule has 6 rings (SSSR count). The van der Waals surface area contributed by atoms with E-state index in [0.29, 0.717) is 53.4 Å². The number of likely N-dealkylation sites (tertiary alicyclic amines) is 1. The number of thiophene rings is 1. The summed E-state index contributed by atoms with van der Waals surface area (Å²) >= 11 is 1.63. The average Bonchev–Trinajstić information content (AvgIpc) is 3.72. The van der Waals surface area contributed by atoms with Gasteiger partial charge in [0.1, 0.15) is 11.2 Å². The molecule has 41 heavy (non-hydrogen) atoms. The lowest BCUT2D eigenvalue weighted by Gasteiger charge is -2.17. The van der Waals surface area contributed by atoms with E-state index >= 15 is 0 Å². The van der Waals surface area contributed by atoms with Crippen molar-refractivity contribution < 1.29 is 32.5 Å². The fraction of sp³-hybridized carbons (Fsp3) is 0.280. The molecule has 1 amide bonds. The number of nitrogens with zero attached hydrogens (tertiary/aromatic N) is 6. The summed E-state index contributed by atoms with van der Waals surface area (Å²) in [5.74, 6) is -2.24. The van der Waals surface area contributed by atoms with Gasteiger partial charge in [0, 0.05) is 36.6 Å². The number of imidazole rings is 1. The van der Waals surface area contributed by atoms with E-state index in [1.54, 1.807) is 22.4 Å². The van der Waals surface area contributed by atoms with Crippen molar-refractivity contribution in [2.75, 3.05) is 18.8 Å². The third kappa shape index (κ3) is 5.30. The summed E-state index contributed by atoms with van der Waals surface area (Å²) in [6.07, 6.45) is -2.65. The number of nitrogens with two attached hydrogens (primary N) is 2. The molecule has 0 radical (unpaired) electrons. The highest BCUT2D eigenvalue weighted by molar-refractivity contribution is 7.22. The largest absolute Gasteiger partial charge is 0.490 e. The van der Waals surface area contributed by atoms with Gasteiger partial charge in [-0.1, -0.05) is 18.2 Å². The summed E-state index contributed by atoms with van der Waals surface area (Å²) in [6, 6.07) is 10.2. The second kappa shape index (κ2) is 10.8. The van der Waals surface area contributed by atoms with Crippen molar-refractivity contribution in [1.29, 1.82) is 0 Å². The molecule has 0 aliphatic carbocycles. The number of carboxylic acids is 1. The van der Waals surface area contributed by atoms with Gasteiger partial charge in [-0.15, -0.1) is 11.3 Å². The first kappa shape index (κ1) is 28.0. The molecule has 1 fully saturated rings. The number of nitrogen functional groups attached to an aromatic ring is 1. The van der Waals surface area contributed by atoms with Gasteiger partial charge in [0.2, 0.25) is 0 Å². The Morgan fingerprint density at radius 2 is 1.95 bits per heavy atom. The smallest absolute Gasteiger partial charge is 0.475 e. The number of aromatic nitrogens is 5. The molecular formula is C25H23F3N8O4S. The molecule has 4 aromatic heterocycles. The Hall–Kier alpha value is -4.57.